The van der Waals surface area contributed by atoms with E-state index >= 15 is 0 Å². The maximum atomic E-state index is 12.9. The number of aromatic nitrogens is 2. The average molecular weight is 500 g/mol. The maximum absolute atomic E-state index is 12.9. The van der Waals surface area contributed by atoms with Gasteiger partial charge in [0.1, 0.15) is 5.82 Å². The van der Waals surface area contributed by atoms with Gasteiger partial charge in [0.15, 0.2) is 17.6 Å². The van der Waals surface area contributed by atoms with Crippen LogP contribution in [0, 0.1) is 6.92 Å². The molecule has 3 aromatic rings. The molecule has 1 atom stereocenters. The van der Waals surface area contributed by atoms with E-state index in [4.69, 9.17) is 9.47 Å². The Morgan fingerprint density at radius 1 is 1.38 bits per heavy atom. The molecule has 0 spiro atoms. The molecule has 0 saturated heterocycles. The second-order valence-corrected chi connectivity index (χ2v) is 7.90. The SMILES string of the molecule is C=CCc1cc(C=Nn2c(C)nc3ccc(Br)cc3c2=O)cc(OC)c1O[C@@H](C)C(=O)O. The largest absolute Gasteiger partial charge is 0.493 e. The topological polar surface area (TPSA) is 103 Å². The second kappa shape index (κ2) is 9.78. The monoisotopic (exact) mass is 499 g/mol. The van der Waals surface area contributed by atoms with Crippen LogP contribution in [-0.2, 0) is 11.2 Å². The Morgan fingerprint density at radius 3 is 2.78 bits per heavy atom. The van der Waals surface area contributed by atoms with E-state index in [2.05, 4.69) is 32.6 Å². The van der Waals surface area contributed by atoms with E-state index in [1.54, 1.807) is 37.3 Å². The second-order valence-electron chi connectivity index (χ2n) is 6.98. The lowest BCUT2D eigenvalue weighted by molar-refractivity contribution is -0.144. The third-order valence-electron chi connectivity index (χ3n) is 4.67. The number of nitrogens with zero attached hydrogens (tertiary/aromatic N) is 3. The summed E-state index contributed by atoms with van der Waals surface area (Å²) in [6.07, 6.45) is 2.55. The summed E-state index contributed by atoms with van der Waals surface area (Å²) in [6, 6.07) is 8.74. The van der Waals surface area contributed by atoms with Crippen LogP contribution in [0.1, 0.15) is 23.9 Å². The number of halogens is 1. The van der Waals surface area contributed by atoms with Gasteiger partial charge in [-0.3, -0.25) is 4.79 Å². The first-order chi connectivity index (χ1) is 15.2. The minimum atomic E-state index is -1.09. The smallest absolute Gasteiger partial charge is 0.344 e. The van der Waals surface area contributed by atoms with Gasteiger partial charge in [-0.2, -0.15) is 9.78 Å². The quantitative estimate of drug-likeness (QED) is 0.371. The van der Waals surface area contributed by atoms with Crippen LogP contribution < -0.4 is 15.0 Å². The first kappa shape index (κ1) is 23.2. The lowest BCUT2D eigenvalue weighted by Crippen LogP contribution is -2.23. The van der Waals surface area contributed by atoms with Crippen LogP contribution >= 0.6 is 15.9 Å². The zero-order valence-corrected chi connectivity index (χ0v) is 19.4. The number of ether oxygens (including phenoxy) is 2. The highest BCUT2D eigenvalue weighted by molar-refractivity contribution is 9.10. The summed E-state index contributed by atoms with van der Waals surface area (Å²) in [5, 5.41) is 14.0. The summed E-state index contributed by atoms with van der Waals surface area (Å²) >= 11 is 3.37. The van der Waals surface area contributed by atoms with Gasteiger partial charge >= 0.3 is 5.97 Å². The number of allylic oxidation sites excluding steroid dienone is 1. The predicted molar refractivity (Wildman–Crippen MR) is 126 cm³/mol. The van der Waals surface area contributed by atoms with E-state index in [1.165, 1.54) is 24.9 Å². The summed E-state index contributed by atoms with van der Waals surface area (Å²) < 4.78 is 13.0. The number of rotatable bonds is 8. The molecule has 0 aliphatic rings. The van der Waals surface area contributed by atoms with Crippen LogP contribution in [0.3, 0.4) is 0 Å². The third-order valence-corrected chi connectivity index (χ3v) is 5.17. The predicted octanol–water partition coefficient (Wildman–Crippen LogP) is 3.94. The molecule has 0 radical (unpaired) electrons. The molecule has 3 rings (SSSR count). The molecule has 0 fully saturated rings. The van der Waals surface area contributed by atoms with Gasteiger partial charge in [0.2, 0.25) is 0 Å². The normalized spacial score (nSPS) is 12.1. The molecule has 1 N–H and O–H groups in total. The van der Waals surface area contributed by atoms with Gasteiger partial charge in [-0.05, 0) is 56.2 Å². The van der Waals surface area contributed by atoms with E-state index in [1.807, 2.05) is 6.07 Å². The van der Waals surface area contributed by atoms with Crippen molar-refractivity contribution in [1.29, 1.82) is 0 Å². The Bertz CT molecular complexity index is 1280. The molecule has 166 valence electrons. The number of benzene rings is 2. The zero-order chi connectivity index (χ0) is 23.4. The van der Waals surface area contributed by atoms with Crippen molar-refractivity contribution < 1.29 is 19.4 Å². The number of aryl methyl sites for hydroxylation is 1. The molecular weight excluding hydrogens is 478 g/mol. The number of hydrogen-bond acceptors (Lipinski definition) is 6. The summed E-state index contributed by atoms with van der Waals surface area (Å²) in [6.45, 7) is 6.89. The number of aliphatic carboxylic acids is 1. The minimum Gasteiger partial charge on any atom is -0.493 e. The maximum Gasteiger partial charge on any atom is 0.344 e. The van der Waals surface area contributed by atoms with Gasteiger partial charge in [0.05, 0.1) is 24.2 Å². The standard InChI is InChI=1S/C23H22BrN3O5/c1-5-6-16-9-15(10-20(31-4)21(16)32-13(2)23(29)30)12-25-27-14(3)26-19-8-7-17(24)11-18(19)22(27)28/h5,7-13H,1,6H2,2-4H3,(H,29,30)/t13-/m0/s1. The highest BCUT2D eigenvalue weighted by Crippen LogP contribution is 2.34. The average Bonchev–Trinajstić information content (AvgIpc) is 2.75. The van der Waals surface area contributed by atoms with Gasteiger partial charge < -0.3 is 14.6 Å². The van der Waals surface area contributed by atoms with Crippen LogP contribution in [0.5, 0.6) is 11.5 Å². The van der Waals surface area contributed by atoms with E-state index in [0.29, 0.717) is 45.8 Å². The van der Waals surface area contributed by atoms with Crippen molar-refractivity contribution >= 4 is 39.0 Å². The van der Waals surface area contributed by atoms with E-state index < -0.39 is 12.1 Å². The molecule has 0 amide bonds. The summed E-state index contributed by atoms with van der Waals surface area (Å²) in [5.74, 6) is 0.0238. The fourth-order valence-electron chi connectivity index (χ4n) is 3.10. The lowest BCUT2D eigenvalue weighted by atomic mass is 10.1. The van der Waals surface area contributed by atoms with Crippen molar-refractivity contribution in [1.82, 2.24) is 9.66 Å². The molecule has 0 aliphatic heterocycles. The van der Waals surface area contributed by atoms with E-state index in [-0.39, 0.29) is 5.56 Å². The van der Waals surface area contributed by atoms with Crippen molar-refractivity contribution in [2.45, 2.75) is 26.4 Å². The first-order valence-corrected chi connectivity index (χ1v) is 10.5. The van der Waals surface area contributed by atoms with E-state index in [9.17, 15) is 14.7 Å². The van der Waals surface area contributed by atoms with Crippen LogP contribution in [0.2, 0.25) is 0 Å². The molecule has 0 saturated carbocycles. The Hall–Kier alpha value is -3.46. The molecule has 9 heteroatoms. The molecule has 32 heavy (non-hydrogen) atoms. The number of carboxylic acid groups (broad SMARTS) is 1. The number of carbonyl (C=O) groups is 1. The number of carboxylic acids is 1. The molecule has 2 aromatic carbocycles. The lowest BCUT2D eigenvalue weighted by Gasteiger charge is -2.18. The summed E-state index contributed by atoms with van der Waals surface area (Å²) in [7, 11) is 1.46. The van der Waals surface area contributed by atoms with Crippen molar-refractivity contribution in [3.05, 3.63) is 74.8 Å². The fraction of sp³-hybridized carbons (Fsp3) is 0.217. The molecule has 1 aromatic heterocycles. The van der Waals surface area contributed by atoms with Gasteiger partial charge in [0.25, 0.3) is 5.56 Å². The number of hydrogen-bond donors (Lipinski definition) is 1. The van der Waals surface area contributed by atoms with Crippen LogP contribution in [0.15, 0.2) is 57.4 Å². The fourth-order valence-corrected chi connectivity index (χ4v) is 3.46. The molecular formula is C23H22BrN3O5. The molecule has 1 heterocycles. The van der Waals surface area contributed by atoms with Gasteiger partial charge in [-0.25, -0.2) is 9.78 Å². The summed E-state index contributed by atoms with van der Waals surface area (Å²) in [4.78, 5) is 28.6. The van der Waals surface area contributed by atoms with Gasteiger partial charge in [0, 0.05) is 10.0 Å². The minimum absolute atomic E-state index is 0.293. The van der Waals surface area contributed by atoms with Gasteiger partial charge in [-0.1, -0.05) is 22.0 Å². The molecule has 0 aliphatic carbocycles. The molecule has 0 bridgehead atoms. The Labute approximate surface area is 192 Å². The molecule has 0 unspecified atom stereocenters. The van der Waals surface area contributed by atoms with Crippen molar-refractivity contribution in [3.63, 3.8) is 0 Å². The third kappa shape index (κ3) is 4.88. The van der Waals surface area contributed by atoms with Crippen molar-refractivity contribution in [2.24, 2.45) is 5.10 Å². The van der Waals surface area contributed by atoms with Gasteiger partial charge in [-0.15, -0.1) is 6.58 Å². The number of fused-ring (bicyclic) bond motifs is 1. The summed E-state index contributed by atoms with van der Waals surface area (Å²) in [5.41, 5.74) is 1.61. The highest BCUT2D eigenvalue weighted by atomic mass is 79.9. The van der Waals surface area contributed by atoms with Crippen molar-refractivity contribution in [2.75, 3.05) is 7.11 Å². The van der Waals surface area contributed by atoms with Crippen LogP contribution in [0.25, 0.3) is 10.9 Å². The van der Waals surface area contributed by atoms with Crippen LogP contribution in [0.4, 0.5) is 0 Å². The first-order valence-electron chi connectivity index (χ1n) is 9.69. The Morgan fingerprint density at radius 2 is 2.12 bits per heavy atom. The van der Waals surface area contributed by atoms with E-state index in [0.717, 1.165) is 4.47 Å². The number of methoxy groups -OCH3 is 1. The van der Waals surface area contributed by atoms with Crippen LogP contribution in [-0.4, -0.2) is 40.2 Å². The molecule has 8 nitrogen and oxygen atoms in total. The van der Waals surface area contributed by atoms with Crippen molar-refractivity contribution in [3.8, 4) is 11.5 Å². The Balaban J connectivity index is 2.07. The zero-order valence-electron chi connectivity index (χ0n) is 17.8. The Kier molecular flexibility index (Phi) is 7.09. The highest BCUT2D eigenvalue weighted by Gasteiger charge is 2.19.